The van der Waals surface area contributed by atoms with Crippen LogP contribution in [0.1, 0.15) is 26.2 Å². The van der Waals surface area contributed by atoms with Gasteiger partial charge in [-0.25, -0.2) is 0 Å². The number of hydrogen-bond donors (Lipinski definition) is 2. The molecule has 1 heterocycles. The zero-order valence-corrected chi connectivity index (χ0v) is 8.48. The SMILES string of the molecule is CC1(O)CC(O)C2OCCCOC2C1. The molecule has 2 aliphatic rings. The summed E-state index contributed by atoms with van der Waals surface area (Å²) in [6.07, 6.45) is 0.768. The van der Waals surface area contributed by atoms with Crippen LogP contribution in [0.15, 0.2) is 0 Å². The molecule has 0 spiro atoms. The van der Waals surface area contributed by atoms with E-state index in [-0.39, 0.29) is 12.2 Å². The molecule has 0 aromatic rings. The van der Waals surface area contributed by atoms with E-state index in [1.807, 2.05) is 0 Å². The molecule has 2 fully saturated rings. The lowest BCUT2D eigenvalue weighted by atomic mass is 9.81. The quantitative estimate of drug-likeness (QED) is 0.583. The first kappa shape index (κ1) is 10.4. The smallest absolute Gasteiger partial charge is 0.110 e. The van der Waals surface area contributed by atoms with E-state index in [2.05, 4.69) is 0 Å². The molecule has 0 aromatic carbocycles. The van der Waals surface area contributed by atoms with Gasteiger partial charge in [-0.1, -0.05) is 0 Å². The van der Waals surface area contributed by atoms with Gasteiger partial charge in [0.2, 0.25) is 0 Å². The molecule has 4 heteroatoms. The topological polar surface area (TPSA) is 58.9 Å². The Morgan fingerprint density at radius 1 is 1.21 bits per heavy atom. The van der Waals surface area contributed by atoms with Crippen LogP contribution in [0, 0.1) is 0 Å². The predicted octanol–water partition coefficient (Wildman–Crippen LogP) is 0.0662. The van der Waals surface area contributed by atoms with Crippen LogP contribution in [0.4, 0.5) is 0 Å². The molecule has 4 unspecified atom stereocenters. The Labute approximate surface area is 83.8 Å². The normalized spacial score (nSPS) is 49.5. The molecule has 82 valence electrons. The minimum Gasteiger partial charge on any atom is -0.390 e. The van der Waals surface area contributed by atoms with Gasteiger partial charge in [0.25, 0.3) is 0 Å². The Balaban J connectivity index is 2.08. The lowest BCUT2D eigenvalue weighted by Crippen LogP contribution is -2.52. The van der Waals surface area contributed by atoms with E-state index in [1.54, 1.807) is 6.92 Å². The molecule has 0 radical (unpaired) electrons. The highest BCUT2D eigenvalue weighted by atomic mass is 16.6. The van der Waals surface area contributed by atoms with Gasteiger partial charge in [-0.2, -0.15) is 0 Å². The van der Waals surface area contributed by atoms with Crippen LogP contribution < -0.4 is 0 Å². The summed E-state index contributed by atoms with van der Waals surface area (Å²) < 4.78 is 11.1. The second-order valence-corrected chi connectivity index (χ2v) is 4.57. The summed E-state index contributed by atoms with van der Waals surface area (Å²) in [7, 11) is 0. The molecule has 1 aliphatic heterocycles. The van der Waals surface area contributed by atoms with Crippen molar-refractivity contribution in [2.24, 2.45) is 0 Å². The zero-order chi connectivity index (χ0) is 10.2. The Kier molecular flexibility index (Phi) is 2.79. The second-order valence-electron chi connectivity index (χ2n) is 4.57. The van der Waals surface area contributed by atoms with Crippen LogP contribution in [0.5, 0.6) is 0 Å². The fourth-order valence-corrected chi connectivity index (χ4v) is 2.33. The molecule has 4 nitrogen and oxygen atoms in total. The fourth-order valence-electron chi connectivity index (χ4n) is 2.33. The summed E-state index contributed by atoms with van der Waals surface area (Å²) in [5, 5.41) is 19.7. The molecule has 0 aromatic heterocycles. The molecule has 4 atom stereocenters. The number of hydrogen-bond acceptors (Lipinski definition) is 4. The van der Waals surface area contributed by atoms with Crippen molar-refractivity contribution in [1.82, 2.24) is 0 Å². The fraction of sp³-hybridized carbons (Fsp3) is 1.00. The Hall–Kier alpha value is -0.160. The van der Waals surface area contributed by atoms with Gasteiger partial charge in [0.15, 0.2) is 0 Å². The standard InChI is InChI=1S/C10H18O4/c1-10(12)5-7(11)9-8(6-10)13-3-2-4-14-9/h7-9,11-12H,2-6H2,1H3. The molecule has 0 amide bonds. The number of aliphatic hydroxyl groups is 2. The Morgan fingerprint density at radius 3 is 2.71 bits per heavy atom. The maximum Gasteiger partial charge on any atom is 0.110 e. The van der Waals surface area contributed by atoms with Crippen molar-refractivity contribution in [3.63, 3.8) is 0 Å². The maximum absolute atomic E-state index is 9.88. The number of aliphatic hydroxyl groups excluding tert-OH is 1. The zero-order valence-electron chi connectivity index (χ0n) is 8.48. The van der Waals surface area contributed by atoms with Crippen LogP contribution in [-0.4, -0.2) is 47.3 Å². The second kappa shape index (κ2) is 3.77. The van der Waals surface area contributed by atoms with Crippen LogP contribution in [0.25, 0.3) is 0 Å². The molecule has 1 aliphatic carbocycles. The van der Waals surface area contributed by atoms with Crippen molar-refractivity contribution < 1.29 is 19.7 Å². The third kappa shape index (κ3) is 2.08. The van der Waals surface area contributed by atoms with Gasteiger partial charge >= 0.3 is 0 Å². The molecule has 1 saturated carbocycles. The van der Waals surface area contributed by atoms with Crippen molar-refractivity contribution >= 4 is 0 Å². The molecule has 2 N–H and O–H groups in total. The Morgan fingerprint density at radius 2 is 1.93 bits per heavy atom. The van der Waals surface area contributed by atoms with E-state index < -0.39 is 11.7 Å². The average Bonchev–Trinajstić information content (AvgIpc) is 2.27. The molecular weight excluding hydrogens is 184 g/mol. The van der Waals surface area contributed by atoms with Gasteiger partial charge in [-0.15, -0.1) is 0 Å². The largest absolute Gasteiger partial charge is 0.390 e. The first-order valence-electron chi connectivity index (χ1n) is 5.22. The minimum absolute atomic E-state index is 0.156. The van der Waals surface area contributed by atoms with Gasteiger partial charge in [-0.3, -0.25) is 0 Å². The van der Waals surface area contributed by atoms with Crippen molar-refractivity contribution in [2.75, 3.05) is 13.2 Å². The minimum atomic E-state index is -0.825. The van der Waals surface area contributed by atoms with Crippen molar-refractivity contribution in [3.8, 4) is 0 Å². The summed E-state index contributed by atoms with van der Waals surface area (Å²) in [4.78, 5) is 0. The van der Waals surface area contributed by atoms with Crippen LogP contribution in [0.2, 0.25) is 0 Å². The van der Waals surface area contributed by atoms with Gasteiger partial charge in [0.05, 0.1) is 17.8 Å². The molecule has 2 rings (SSSR count). The maximum atomic E-state index is 9.88. The first-order chi connectivity index (χ1) is 6.58. The van der Waals surface area contributed by atoms with Crippen LogP contribution >= 0.6 is 0 Å². The lowest BCUT2D eigenvalue weighted by Gasteiger charge is -2.41. The summed E-state index contributed by atoms with van der Waals surface area (Å²) in [5.74, 6) is 0. The van der Waals surface area contributed by atoms with E-state index in [0.29, 0.717) is 26.1 Å². The third-order valence-electron chi connectivity index (χ3n) is 2.97. The van der Waals surface area contributed by atoms with Gasteiger partial charge in [0.1, 0.15) is 6.10 Å². The van der Waals surface area contributed by atoms with Crippen molar-refractivity contribution in [3.05, 3.63) is 0 Å². The number of fused-ring (bicyclic) bond motifs is 1. The van der Waals surface area contributed by atoms with E-state index in [9.17, 15) is 10.2 Å². The van der Waals surface area contributed by atoms with E-state index in [0.717, 1.165) is 6.42 Å². The van der Waals surface area contributed by atoms with Gasteiger partial charge < -0.3 is 19.7 Å². The third-order valence-corrected chi connectivity index (χ3v) is 2.97. The highest BCUT2D eigenvalue weighted by Gasteiger charge is 2.44. The van der Waals surface area contributed by atoms with Crippen LogP contribution in [-0.2, 0) is 9.47 Å². The summed E-state index contributed by atoms with van der Waals surface area (Å²) in [6.45, 7) is 3.03. The summed E-state index contributed by atoms with van der Waals surface area (Å²) in [6, 6.07) is 0. The predicted molar refractivity (Wildman–Crippen MR) is 50.0 cm³/mol. The van der Waals surface area contributed by atoms with Crippen molar-refractivity contribution in [1.29, 1.82) is 0 Å². The van der Waals surface area contributed by atoms with Crippen LogP contribution in [0.3, 0.4) is 0 Å². The summed E-state index contributed by atoms with van der Waals surface area (Å²) >= 11 is 0. The number of rotatable bonds is 0. The first-order valence-corrected chi connectivity index (χ1v) is 5.22. The molecule has 1 saturated heterocycles. The highest BCUT2D eigenvalue weighted by molar-refractivity contribution is 4.95. The monoisotopic (exact) mass is 202 g/mol. The molecule has 14 heavy (non-hydrogen) atoms. The van der Waals surface area contributed by atoms with E-state index >= 15 is 0 Å². The van der Waals surface area contributed by atoms with Gasteiger partial charge in [-0.05, 0) is 13.3 Å². The average molecular weight is 202 g/mol. The van der Waals surface area contributed by atoms with Gasteiger partial charge in [0, 0.05) is 26.1 Å². The van der Waals surface area contributed by atoms with E-state index in [4.69, 9.17) is 9.47 Å². The molecule has 0 bridgehead atoms. The number of ether oxygens (including phenoxy) is 2. The van der Waals surface area contributed by atoms with E-state index in [1.165, 1.54) is 0 Å². The summed E-state index contributed by atoms with van der Waals surface area (Å²) in [5.41, 5.74) is -0.825. The van der Waals surface area contributed by atoms with Crippen molar-refractivity contribution in [2.45, 2.75) is 50.1 Å². The lowest BCUT2D eigenvalue weighted by molar-refractivity contribution is -0.168. The molecular formula is C10H18O4. The Bertz CT molecular complexity index is 204. The highest BCUT2D eigenvalue weighted by Crippen LogP contribution is 2.33.